The van der Waals surface area contributed by atoms with E-state index in [1.807, 2.05) is 4.90 Å². The van der Waals surface area contributed by atoms with E-state index in [-0.39, 0.29) is 11.5 Å². The molecule has 1 aliphatic heterocycles. The van der Waals surface area contributed by atoms with Crippen molar-refractivity contribution >= 4 is 17.8 Å². The van der Waals surface area contributed by atoms with Crippen LogP contribution in [0.3, 0.4) is 0 Å². The van der Waals surface area contributed by atoms with E-state index in [4.69, 9.17) is 5.11 Å². The molecule has 2 aromatic heterocycles. The van der Waals surface area contributed by atoms with Crippen molar-refractivity contribution in [2.75, 3.05) is 25.0 Å². The molecule has 0 aliphatic carbocycles. The van der Waals surface area contributed by atoms with Crippen molar-refractivity contribution in [2.24, 2.45) is 0 Å². The lowest BCUT2D eigenvalue weighted by atomic mass is 10.2. The smallest absolute Gasteiger partial charge is 0.335 e. The second-order valence-corrected chi connectivity index (χ2v) is 5.77. The van der Waals surface area contributed by atoms with E-state index in [1.165, 1.54) is 18.3 Å². The van der Waals surface area contributed by atoms with Crippen molar-refractivity contribution in [1.29, 1.82) is 0 Å². The monoisotopic (exact) mass is 341 g/mol. The van der Waals surface area contributed by atoms with Crippen LogP contribution in [0.15, 0.2) is 30.6 Å². The molecule has 130 valence electrons. The molecule has 2 aromatic rings. The number of carboxylic acids is 1. The summed E-state index contributed by atoms with van der Waals surface area (Å²) in [6.45, 7) is 2.22. The van der Waals surface area contributed by atoms with Crippen LogP contribution >= 0.6 is 0 Å². The van der Waals surface area contributed by atoms with Crippen LogP contribution in [0.1, 0.15) is 29.6 Å². The number of likely N-dealkylation sites (tertiary alicyclic amines) is 1. The van der Waals surface area contributed by atoms with E-state index in [0.29, 0.717) is 30.3 Å². The number of amides is 1. The van der Waals surface area contributed by atoms with Gasteiger partial charge in [0.1, 0.15) is 0 Å². The zero-order chi connectivity index (χ0) is 17.6. The Morgan fingerprint density at radius 3 is 2.84 bits per heavy atom. The molecule has 3 rings (SSSR count). The first-order valence-corrected chi connectivity index (χ1v) is 8.18. The van der Waals surface area contributed by atoms with Gasteiger partial charge < -0.3 is 15.3 Å². The molecule has 25 heavy (non-hydrogen) atoms. The Labute approximate surface area is 144 Å². The van der Waals surface area contributed by atoms with E-state index in [1.54, 1.807) is 12.3 Å². The predicted octanol–water partition coefficient (Wildman–Crippen LogP) is 1.66. The Hall–Kier alpha value is -3.03. The minimum absolute atomic E-state index is 0.161. The van der Waals surface area contributed by atoms with Gasteiger partial charge in [-0.2, -0.15) is 0 Å². The highest BCUT2D eigenvalue weighted by atomic mass is 16.4. The molecular weight excluding hydrogens is 322 g/mol. The number of nitrogens with one attached hydrogen (secondary N) is 1. The van der Waals surface area contributed by atoms with Gasteiger partial charge in [-0.3, -0.25) is 9.78 Å². The van der Waals surface area contributed by atoms with E-state index in [0.717, 1.165) is 25.9 Å². The average molecular weight is 341 g/mol. The normalized spacial score (nSPS) is 13.9. The van der Waals surface area contributed by atoms with E-state index in [9.17, 15) is 9.59 Å². The van der Waals surface area contributed by atoms with Crippen LogP contribution in [0.4, 0.5) is 5.95 Å². The molecule has 2 N–H and O–H groups in total. The largest absolute Gasteiger partial charge is 0.478 e. The van der Waals surface area contributed by atoms with Crippen LogP contribution in [0.5, 0.6) is 0 Å². The van der Waals surface area contributed by atoms with Crippen LogP contribution < -0.4 is 5.32 Å². The number of rotatable bonds is 7. The Balaban J connectivity index is 1.59. The van der Waals surface area contributed by atoms with Crippen LogP contribution in [-0.4, -0.2) is 56.5 Å². The van der Waals surface area contributed by atoms with Crippen LogP contribution in [0.2, 0.25) is 0 Å². The third-order valence-corrected chi connectivity index (χ3v) is 3.98. The molecule has 0 spiro atoms. The molecule has 8 heteroatoms. The van der Waals surface area contributed by atoms with Crippen molar-refractivity contribution in [3.63, 3.8) is 0 Å². The summed E-state index contributed by atoms with van der Waals surface area (Å²) < 4.78 is 0. The summed E-state index contributed by atoms with van der Waals surface area (Å²) >= 11 is 0. The Kier molecular flexibility index (Phi) is 5.17. The number of pyridine rings is 1. The molecule has 0 atom stereocenters. The lowest BCUT2D eigenvalue weighted by molar-refractivity contribution is -0.127. The maximum Gasteiger partial charge on any atom is 0.335 e. The van der Waals surface area contributed by atoms with E-state index < -0.39 is 5.97 Å². The minimum Gasteiger partial charge on any atom is -0.478 e. The predicted molar refractivity (Wildman–Crippen MR) is 91.1 cm³/mol. The number of carbonyl (C=O) groups is 2. The topological polar surface area (TPSA) is 108 Å². The highest BCUT2D eigenvalue weighted by Crippen LogP contribution is 2.16. The Morgan fingerprint density at radius 2 is 2.08 bits per heavy atom. The molecule has 3 heterocycles. The number of carboxylic acid groups (broad SMARTS) is 1. The van der Waals surface area contributed by atoms with E-state index >= 15 is 0 Å². The molecular formula is C17H19N5O3. The molecule has 0 bridgehead atoms. The second kappa shape index (κ2) is 7.69. The lowest BCUT2D eigenvalue weighted by Gasteiger charge is -2.15. The fourth-order valence-electron chi connectivity index (χ4n) is 2.70. The summed E-state index contributed by atoms with van der Waals surface area (Å²) in [5.41, 5.74) is 1.19. The van der Waals surface area contributed by atoms with Gasteiger partial charge in [0.05, 0.1) is 17.0 Å². The van der Waals surface area contributed by atoms with Gasteiger partial charge in [-0.15, -0.1) is 0 Å². The number of hydrogen-bond donors (Lipinski definition) is 2. The highest BCUT2D eigenvalue weighted by molar-refractivity contribution is 5.88. The minimum atomic E-state index is -1.01. The van der Waals surface area contributed by atoms with Gasteiger partial charge in [-0.05, 0) is 31.0 Å². The fraction of sp³-hybridized carbons (Fsp3) is 0.353. The third-order valence-electron chi connectivity index (χ3n) is 3.98. The number of nitrogens with zero attached hydrogens (tertiary/aromatic N) is 4. The van der Waals surface area contributed by atoms with Gasteiger partial charge in [0.2, 0.25) is 11.9 Å². The van der Waals surface area contributed by atoms with Gasteiger partial charge >= 0.3 is 5.97 Å². The maximum atomic E-state index is 11.5. The van der Waals surface area contributed by atoms with Gasteiger partial charge in [-0.1, -0.05) is 0 Å². The first-order valence-electron chi connectivity index (χ1n) is 8.18. The van der Waals surface area contributed by atoms with Crippen molar-refractivity contribution in [1.82, 2.24) is 19.9 Å². The van der Waals surface area contributed by atoms with Crippen molar-refractivity contribution in [2.45, 2.75) is 19.3 Å². The molecule has 1 fully saturated rings. The van der Waals surface area contributed by atoms with Gasteiger partial charge in [0.15, 0.2) is 0 Å². The van der Waals surface area contributed by atoms with Gasteiger partial charge in [-0.25, -0.2) is 14.8 Å². The lowest BCUT2D eigenvalue weighted by Crippen LogP contribution is -2.27. The summed E-state index contributed by atoms with van der Waals surface area (Å²) in [5, 5.41) is 12.2. The number of anilines is 1. The molecule has 1 saturated heterocycles. The zero-order valence-corrected chi connectivity index (χ0v) is 13.7. The number of aromatic nitrogens is 3. The summed E-state index contributed by atoms with van der Waals surface area (Å²) in [7, 11) is 0. The molecule has 0 aromatic carbocycles. The summed E-state index contributed by atoms with van der Waals surface area (Å²) in [6.07, 6.45) is 5.46. The maximum absolute atomic E-state index is 11.5. The molecule has 1 amide bonds. The Bertz CT molecular complexity index is 780. The third kappa shape index (κ3) is 4.28. The number of hydrogen-bond acceptors (Lipinski definition) is 6. The van der Waals surface area contributed by atoms with E-state index in [2.05, 4.69) is 20.3 Å². The summed E-state index contributed by atoms with van der Waals surface area (Å²) in [4.78, 5) is 37.2. The summed E-state index contributed by atoms with van der Waals surface area (Å²) in [6, 6.07) is 4.60. The average Bonchev–Trinajstić information content (AvgIpc) is 3.04. The standard InChI is InChI=1S/C17H19N5O3/c23-15-3-1-9-22(15)10-2-6-19-17-20-8-5-13(21-17)14-11-12(16(24)25)4-7-18-14/h4-5,7-8,11H,1-3,6,9-10H2,(H,24,25)(H,19,20,21). The van der Waals surface area contributed by atoms with Crippen molar-refractivity contribution < 1.29 is 14.7 Å². The SMILES string of the molecule is O=C(O)c1ccnc(-c2ccnc(NCCCN3CCCC3=O)n2)c1. The molecule has 0 unspecified atom stereocenters. The van der Waals surface area contributed by atoms with Gasteiger partial charge in [0, 0.05) is 38.4 Å². The number of aromatic carboxylic acids is 1. The van der Waals surface area contributed by atoms with Gasteiger partial charge in [0.25, 0.3) is 0 Å². The molecule has 8 nitrogen and oxygen atoms in total. The van der Waals surface area contributed by atoms with Crippen LogP contribution in [0, 0.1) is 0 Å². The van der Waals surface area contributed by atoms with Crippen molar-refractivity contribution in [3.8, 4) is 11.4 Å². The Morgan fingerprint density at radius 1 is 1.24 bits per heavy atom. The van der Waals surface area contributed by atoms with Crippen LogP contribution in [0.25, 0.3) is 11.4 Å². The zero-order valence-electron chi connectivity index (χ0n) is 13.7. The summed E-state index contributed by atoms with van der Waals surface area (Å²) in [5.74, 6) is -0.331. The number of carbonyl (C=O) groups excluding carboxylic acids is 1. The quantitative estimate of drug-likeness (QED) is 0.737. The molecule has 0 radical (unpaired) electrons. The molecule has 1 aliphatic rings. The first-order chi connectivity index (χ1) is 12.1. The van der Waals surface area contributed by atoms with Crippen LogP contribution in [-0.2, 0) is 4.79 Å². The van der Waals surface area contributed by atoms with Crippen molar-refractivity contribution in [3.05, 3.63) is 36.2 Å². The second-order valence-electron chi connectivity index (χ2n) is 5.77. The first kappa shape index (κ1) is 16.8. The fourth-order valence-corrected chi connectivity index (χ4v) is 2.70. The highest BCUT2D eigenvalue weighted by Gasteiger charge is 2.18. The molecule has 0 saturated carbocycles.